The van der Waals surface area contributed by atoms with Gasteiger partial charge < -0.3 is 15.0 Å². The number of benzene rings is 1. The first-order valence-electron chi connectivity index (χ1n) is 9.65. The van der Waals surface area contributed by atoms with Crippen LogP contribution in [-0.2, 0) is 23.8 Å². The number of nitrogens with two attached hydrogens (primary N) is 1. The molecule has 166 valence electrons. The van der Waals surface area contributed by atoms with Gasteiger partial charge in [-0.2, -0.15) is 23.5 Å². The summed E-state index contributed by atoms with van der Waals surface area (Å²) < 4.78 is 48.4. The summed E-state index contributed by atoms with van der Waals surface area (Å²) in [7, 11) is 1.16. The Bertz CT molecular complexity index is 1270. The molecule has 0 aliphatic heterocycles. The lowest BCUT2D eigenvalue weighted by atomic mass is 9.95. The third-order valence-electron chi connectivity index (χ3n) is 5.43. The van der Waals surface area contributed by atoms with Gasteiger partial charge in [0.05, 0.1) is 29.1 Å². The predicted octanol–water partition coefficient (Wildman–Crippen LogP) is 4.45. The average molecular weight is 464 g/mol. The first-order valence-corrected chi connectivity index (χ1v) is 10.0. The monoisotopic (exact) mass is 463 g/mol. The first kappa shape index (κ1) is 21.8. The number of carbonyl (C=O) groups is 1. The van der Waals surface area contributed by atoms with Crippen molar-refractivity contribution < 1.29 is 22.7 Å². The quantitative estimate of drug-likeness (QED) is 0.578. The van der Waals surface area contributed by atoms with Gasteiger partial charge >= 0.3 is 12.1 Å². The molecule has 0 bridgehead atoms. The average Bonchev–Trinajstić information content (AvgIpc) is 3.31. The second kappa shape index (κ2) is 7.91. The number of aromatic nitrogens is 3. The zero-order valence-electron chi connectivity index (χ0n) is 16.8. The fourth-order valence-electron chi connectivity index (χ4n) is 4.02. The van der Waals surface area contributed by atoms with Gasteiger partial charge in [-0.1, -0.05) is 17.7 Å². The minimum atomic E-state index is -4.63. The lowest BCUT2D eigenvalue weighted by molar-refractivity contribution is -0.142. The molecule has 2 aromatic heterocycles. The van der Waals surface area contributed by atoms with Gasteiger partial charge in [0.2, 0.25) is 0 Å². The van der Waals surface area contributed by atoms with Crippen LogP contribution in [0.4, 0.5) is 18.9 Å². The van der Waals surface area contributed by atoms with Crippen LogP contribution < -0.4 is 5.73 Å². The molecule has 32 heavy (non-hydrogen) atoms. The van der Waals surface area contributed by atoms with Gasteiger partial charge in [-0.25, -0.2) is 9.48 Å². The summed E-state index contributed by atoms with van der Waals surface area (Å²) in [5.41, 5.74) is 5.74. The molecule has 1 aliphatic rings. The van der Waals surface area contributed by atoms with Crippen LogP contribution in [-0.4, -0.2) is 27.4 Å². The van der Waals surface area contributed by atoms with Crippen molar-refractivity contribution in [3.8, 4) is 17.4 Å². The standard InChI is InChI=1S/C21H17ClF3N5O2/c1-32-20(31)18-16(27)11(9-26)10-29(18)15-8-4-6-13(22)17(15)30-14-7-3-2-5-12(14)19(28-30)21(23,24)25/h4,6,8,10H,2-3,5,7,27H2,1H3. The first-order chi connectivity index (χ1) is 15.2. The third-order valence-corrected chi connectivity index (χ3v) is 5.73. The molecule has 0 saturated carbocycles. The Balaban J connectivity index is 2.04. The summed E-state index contributed by atoms with van der Waals surface area (Å²) in [6.07, 6.45) is -1.33. The van der Waals surface area contributed by atoms with Crippen molar-refractivity contribution in [2.45, 2.75) is 31.9 Å². The van der Waals surface area contributed by atoms with Crippen molar-refractivity contribution in [1.29, 1.82) is 5.26 Å². The molecule has 4 rings (SSSR count). The van der Waals surface area contributed by atoms with E-state index >= 15 is 0 Å². The Morgan fingerprint density at radius 1 is 1.31 bits per heavy atom. The summed E-state index contributed by atoms with van der Waals surface area (Å²) in [5.74, 6) is -0.812. The van der Waals surface area contributed by atoms with Crippen molar-refractivity contribution in [2.75, 3.05) is 12.8 Å². The van der Waals surface area contributed by atoms with Crippen molar-refractivity contribution in [3.63, 3.8) is 0 Å². The number of ether oxygens (including phenoxy) is 1. The number of alkyl halides is 3. The summed E-state index contributed by atoms with van der Waals surface area (Å²) in [6, 6.07) is 6.54. The van der Waals surface area contributed by atoms with E-state index in [2.05, 4.69) is 5.10 Å². The predicted molar refractivity (Wildman–Crippen MR) is 110 cm³/mol. The van der Waals surface area contributed by atoms with E-state index in [0.29, 0.717) is 25.0 Å². The Labute approximate surface area is 185 Å². The number of carbonyl (C=O) groups excluding carboxylic acids is 1. The zero-order chi connectivity index (χ0) is 23.2. The lowest BCUT2D eigenvalue weighted by Crippen LogP contribution is -2.15. The van der Waals surface area contributed by atoms with Gasteiger partial charge in [0.25, 0.3) is 0 Å². The molecule has 3 aromatic rings. The largest absolute Gasteiger partial charge is 0.464 e. The second-order valence-corrected chi connectivity index (χ2v) is 7.68. The third kappa shape index (κ3) is 3.39. The molecule has 0 atom stereocenters. The van der Waals surface area contributed by atoms with Crippen LogP contribution in [0, 0.1) is 11.3 Å². The summed E-state index contributed by atoms with van der Waals surface area (Å²) in [6.45, 7) is 0. The number of rotatable bonds is 3. The molecule has 11 heteroatoms. The van der Waals surface area contributed by atoms with Gasteiger partial charge in [0.15, 0.2) is 11.4 Å². The molecular formula is C21H17ClF3N5O2. The van der Waals surface area contributed by atoms with Gasteiger partial charge in [0.1, 0.15) is 11.8 Å². The van der Waals surface area contributed by atoms with Crippen molar-refractivity contribution in [1.82, 2.24) is 14.3 Å². The van der Waals surface area contributed by atoms with E-state index in [1.165, 1.54) is 21.5 Å². The number of halogens is 4. The highest BCUT2D eigenvalue weighted by Crippen LogP contribution is 2.39. The maximum absolute atomic E-state index is 13.7. The highest BCUT2D eigenvalue weighted by molar-refractivity contribution is 6.32. The molecule has 0 fully saturated rings. The van der Waals surface area contributed by atoms with E-state index < -0.39 is 17.8 Å². The fraction of sp³-hybridized carbons (Fsp3) is 0.286. The van der Waals surface area contributed by atoms with Crippen LogP contribution in [0.2, 0.25) is 5.02 Å². The minimum absolute atomic E-state index is 0.00907. The van der Waals surface area contributed by atoms with Crippen LogP contribution >= 0.6 is 11.6 Å². The maximum Gasteiger partial charge on any atom is 0.435 e. The van der Waals surface area contributed by atoms with Gasteiger partial charge in [-0.05, 0) is 37.8 Å². The number of para-hydroxylation sites is 1. The number of hydrogen-bond acceptors (Lipinski definition) is 5. The Hall–Kier alpha value is -3.45. The van der Waals surface area contributed by atoms with Crippen LogP contribution in [0.5, 0.6) is 0 Å². The lowest BCUT2D eigenvalue weighted by Gasteiger charge is -2.19. The molecule has 1 aromatic carbocycles. The van der Waals surface area contributed by atoms with Crippen molar-refractivity contribution in [3.05, 3.63) is 57.6 Å². The number of nitrogens with zero attached hydrogens (tertiary/aromatic N) is 4. The van der Waals surface area contributed by atoms with E-state index in [1.807, 2.05) is 6.07 Å². The van der Waals surface area contributed by atoms with E-state index in [-0.39, 0.29) is 45.3 Å². The Morgan fingerprint density at radius 3 is 2.69 bits per heavy atom. The van der Waals surface area contributed by atoms with Crippen LogP contribution in [0.15, 0.2) is 24.4 Å². The SMILES string of the molecule is COC(=O)c1c(N)c(C#N)cn1-c1cccc(Cl)c1-n1nc(C(F)(F)F)c2c1CCCC2. The number of esters is 1. The van der Waals surface area contributed by atoms with E-state index in [1.54, 1.807) is 12.1 Å². The Morgan fingerprint density at radius 2 is 2.03 bits per heavy atom. The molecule has 0 amide bonds. The molecule has 2 N–H and O–H groups in total. The molecule has 7 nitrogen and oxygen atoms in total. The molecule has 1 aliphatic carbocycles. The molecular weight excluding hydrogens is 447 g/mol. The number of nitrogen functional groups attached to an aromatic ring is 1. The highest BCUT2D eigenvalue weighted by atomic mass is 35.5. The number of anilines is 1. The highest BCUT2D eigenvalue weighted by Gasteiger charge is 2.40. The molecule has 0 saturated heterocycles. The molecule has 0 radical (unpaired) electrons. The molecule has 0 spiro atoms. The number of nitriles is 1. The minimum Gasteiger partial charge on any atom is -0.464 e. The van der Waals surface area contributed by atoms with E-state index in [9.17, 15) is 23.2 Å². The maximum atomic E-state index is 13.7. The molecule has 0 unspecified atom stereocenters. The van der Waals surface area contributed by atoms with Crippen LogP contribution in [0.3, 0.4) is 0 Å². The summed E-state index contributed by atoms with van der Waals surface area (Å²) in [4.78, 5) is 12.4. The number of hydrogen-bond donors (Lipinski definition) is 1. The number of methoxy groups -OCH3 is 1. The van der Waals surface area contributed by atoms with Crippen molar-refractivity contribution in [2.24, 2.45) is 0 Å². The molecule has 2 heterocycles. The smallest absolute Gasteiger partial charge is 0.435 e. The van der Waals surface area contributed by atoms with Gasteiger partial charge in [0, 0.05) is 17.5 Å². The van der Waals surface area contributed by atoms with E-state index in [4.69, 9.17) is 22.1 Å². The normalized spacial score (nSPS) is 13.5. The Kier molecular flexibility index (Phi) is 5.38. The van der Waals surface area contributed by atoms with Gasteiger partial charge in [-0.3, -0.25) is 0 Å². The second-order valence-electron chi connectivity index (χ2n) is 7.28. The topological polar surface area (TPSA) is 98.9 Å². The fourth-order valence-corrected chi connectivity index (χ4v) is 4.27. The summed E-state index contributed by atoms with van der Waals surface area (Å²) >= 11 is 6.46. The van der Waals surface area contributed by atoms with Gasteiger partial charge in [-0.15, -0.1) is 0 Å². The number of fused-ring (bicyclic) bond motifs is 1. The van der Waals surface area contributed by atoms with Crippen LogP contribution in [0.1, 0.15) is 45.8 Å². The van der Waals surface area contributed by atoms with Crippen molar-refractivity contribution >= 4 is 23.3 Å². The van der Waals surface area contributed by atoms with E-state index in [0.717, 1.165) is 7.11 Å². The van der Waals surface area contributed by atoms with Crippen LogP contribution in [0.25, 0.3) is 11.4 Å². The zero-order valence-corrected chi connectivity index (χ0v) is 17.6. The summed E-state index contributed by atoms with van der Waals surface area (Å²) in [5, 5.41) is 13.4.